The fourth-order valence-corrected chi connectivity index (χ4v) is 2.65. The molecule has 1 aromatic carbocycles. The first-order valence-electron chi connectivity index (χ1n) is 7.35. The van der Waals surface area contributed by atoms with Crippen LogP contribution in [-0.4, -0.2) is 54.8 Å². The summed E-state index contributed by atoms with van der Waals surface area (Å²) in [5, 5.41) is 2.81. The van der Waals surface area contributed by atoms with Gasteiger partial charge in [-0.15, -0.1) is 0 Å². The maximum atomic E-state index is 12.6. The Morgan fingerprint density at radius 1 is 1.33 bits per heavy atom. The number of hydrogen-bond donors (Lipinski definition) is 1. The molecule has 0 aliphatic carbocycles. The van der Waals surface area contributed by atoms with Crippen LogP contribution < -0.4 is 5.32 Å². The molecule has 21 heavy (non-hydrogen) atoms. The molecule has 0 spiro atoms. The third kappa shape index (κ3) is 3.61. The van der Waals surface area contributed by atoms with E-state index in [-0.39, 0.29) is 17.9 Å². The van der Waals surface area contributed by atoms with Crippen LogP contribution in [0.1, 0.15) is 29.3 Å². The van der Waals surface area contributed by atoms with E-state index in [4.69, 9.17) is 0 Å². The second kappa shape index (κ2) is 6.72. The Kier molecular flexibility index (Phi) is 4.96. The van der Waals surface area contributed by atoms with Crippen molar-refractivity contribution < 1.29 is 9.59 Å². The Bertz CT molecular complexity index is 511. The van der Waals surface area contributed by atoms with E-state index < -0.39 is 0 Å². The number of amides is 2. The van der Waals surface area contributed by atoms with Gasteiger partial charge in [-0.1, -0.05) is 19.1 Å². The lowest BCUT2D eigenvalue weighted by Gasteiger charge is -2.34. The first-order chi connectivity index (χ1) is 10.0. The molecule has 1 aromatic rings. The lowest BCUT2D eigenvalue weighted by molar-refractivity contribution is -0.127. The highest BCUT2D eigenvalue weighted by molar-refractivity contribution is 5.98. The fraction of sp³-hybridized carbons (Fsp3) is 0.500. The van der Waals surface area contributed by atoms with Crippen molar-refractivity contribution in [2.75, 3.05) is 27.2 Å². The zero-order chi connectivity index (χ0) is 15.4. The summed E-state index contributed by atoms with van der Waals surface area (Å²) in [6.07, 6.45) is 0.635. The molecule has 1 atom stereocenters. The highest BCUT2D eigenvalue weighted by Crippen LogP contribution is 2.15. The summed E-state index contributed by atoms with van der Waals surface area (Å²) >= 11 is 0. The highest BCUT2D eigenvalue weighted by atomic mass is 16.2. The first-order valence-corrected chi connectivity index (χ1v) is 7.35. The van der Waals surface area contributed by atoms with Crippen molar-refractivity contribution in [1.29, 1.82) is 0 Å². The van der Waals surface area contributed by atoms with Gasteiger partial charge in [0.25, 0.3) is 5.91 Å². The van der Waals surface area contributed by atoms with Crippen LogP contribution >= 0.6 is 0 Å². The number of hydrogen-bond acceptors (Lipinski definition) is 3. The third-order valence-corrected chi connectivity index (χ3v) is 3.68. The van der Waals surface area contributed by atoms with Crippen LogP contribution in [0, 0.1) is 0 Å². The van der Waals surface area contributed by atoms with Crippen molar-refractivity contribution in [3.05, 3.63) is 35.4 Å². The first kappa shape index (κ1) is 15.5. The molecule has 1 aliphatic heterocycles. The molecule has 1 heterocycles. The van der Waals surface area contributed by atoms with Crippen LogP contribution in [0.15, 0.2) is 24.3 Å². The van der Waals surface area contributed by atoms with E-state index in [1.165, 1.54) is 5.56 Å². The number of rotatable bonds is 4. The molecule has 5 nitrogen and oxygen atoms in total. The largest absolute Gasteiger partial charge is 0.353 e. The van der Waals surface area contributed by atoms with Crippen molar-refractivity contribution in [3.8, 4) is 0 Å². The van der Waals surface area contributed by atoms with Crippen molar-refractivity contribution in [1.82, 2.24) is 15.1 Å². The smallest absolute Gasteiger partial charge is 0.254 e. The van der Waals surface area contributed by atoms with Gasteiger partial charge < -0.3 is 15.1 Å². The van der Waals surface area contributed by atoms with Gasteiger partial charge >= 0.3 is 0 Å². The Balaban J connectivity index is 2.13. The van der Waals surface area contributed by atoms with Crippen molar-refractivity contribution >= 4 is 11.8 Å². The minimum Gasteiger partial charge on any atom is -0.353 e. The molecule has 1 fully saturated rings. The lowest BCUT2D eigenvalue weighted by Crippen LogP contribution is -2.56. The molecule has 0 aromatic heterocycles. The summed E-state index contributed by atoms with van der Waals surface area (Å²) in [5.74, 6) is -0.116. The molecule has 1 aliphatic rings. The fourth-order valence-electron chi connectivity index (χ4n) is 2.65. The zero-order valence-corrected chi connectivity index (χ0v) is 12.9. The van der Waals surface area contributed by atoms with Crippen molar-refractivity contribution in [2.24, 2.45) is 0 Å². The average molecular weight is 289 g/mol. The van der Waals surface area contributed by atoms with Gasteiger partial charge in [0.2, 0.25) is 5.91 Å². The van der Waals surface area contributed by atoms with Gasteiger partial charge in [0.05, 0.1) is 0 Å². The van der Waals surface area contributed by atoms with Crippen LogP contribution in [0.2, 0.25) is 0 Å². The van der Waals surface area contributed by atoms with E-state index in [0.29, 0.717) is 25.1 Å². The van der Waals surface area contributed by atoms with Gasteiger partial charge in [0.1, 0.15) is 6.04 Å². The molecule has 2 amide bonds. The molecule has 114 valence electrons. The topological polar surface area (TPSA) is 52.7 Å². The van der Waals surface area contributed by atoms with Gasteiger partial charge in [0, 0.05) is 25.2 Å². The second-order valence-corrected chi connectivity index (χ2v) is 5.65. The minimum atomic E-state index is -0.354. The molecule has 1 N–H and O–H groups in total. The van der Waals surface area contributed by atoms with Crippen LogP contribution in [0.5, 0.6) is 0 Å². The van der Waals surface area contributed by atoms with Crippen LogP contribution in [0.4, 0.5) is 0 Å². The quantitative estimate of drug-likeness (QED) is 0.903. The average Bonchev–Trinajstić information content (AvgIpc) is 2.46. The lowest BCUT2D eigenvalue weighted by atomic mass is 10.1. The van der Waals surface area contributed by atoms with Gasteiger partial charge in [-0.3, -0.25) is 9.59 Å². The van der Waals surface area contributed by atoms with E-state index in [2.05, 4.69) is 10.2 Å². The normalized spacial score (nSPS) is 18.8. The Labute approximate surface area is 125 Å². The molecule has 0 bridgehead atoms. The maximum absolute atomic E-state index is 12.6. The van der Waals surface area contributed by atoms with E-state index in [9.17, 15) is 9.59 Å². The summed E-state index contributed by atoms with van der Waals surface area (Å²) < 4.78 is 0. The van der Waals surface area contributed by atoms with E-state index in [1.54, 1.807) is 4.90 Å². The third-order valence-electron chi connectivity index (χ3n) is 3.68. The zero-order valence-electron chi connectivity index (χ0n) is 12.9. The molecule has 0 radical (unpaired) electrons. The van der Waals surface area contributed by atoms with E-state index >= 15 is 0 Å². The van der Waals surface area contributed by atoms with Crippen LogP contribution in [0.25, 0.3) is 0 Å². The minimum absolute atomic E-state index is 0.0543. The predicted octanol–water partition coefficient (Wildman–Crippen LogP) is 1.10. The summed E-state index contributed by atoms with van der Waals surface area (Å²) in [7, 11) is 4.02. The molecule has 1 saturated heterocycles. The summed E-state index contributed by atoms with van der Waals surface area (Å²) in [6.45, 7) is 3.87. The monoisotopic (exact) mass is 289 g/mol. The van der Waals surface area contributed by atoms with E-state index in [1.807, 2.05) is 45.3 Å². The predicted molar refractivity (Wildman–Crippen MR) is 82.0 cm³/mol. The van der Waals surface area contributed by atoms with E-state index in [0.717, 1.165) is 6.54 Å². The van der Waals surface area contributed by atoms with Gasteiger partial charge in [-0.25, -0.2) is 0 Å². The number of nitrogens with one attached hydrogen (secondary N) is 1. The van der Waals surface area contributed by atoms with Crippen molar-refractivity contribution in [3.63, 3.8) is 0 Å². The maximum Gasteiger partial charge on any atom is 0.254 e. The van der Waals surface area contributed by atoms with Gasteiger partial charge in [0.15, 0.2) is 0 Å². The van der Waals surface area contributed by atoms with Crippen molar-refractivity contribution in [2.45, 2.75) is 25.9 Å². The summed E-state index contributed by atoms with van der Waals surface area (Å²) in [5.41, 5.74) is 1.81. The van der Waals surface area contributed by atoms with Crippen LogP contribution in [0.3, 0.4) is 0 Å². The number of piperazine rings is 1. The molecular weight excluding hydrogens is 266 g/mol. The summed E-state index contributed by atoms with van der Waals surface area (Å²) in [4.78, 5) is 28.2. The second-order valence-electron chi connectivity index (χ2n) is 5.65. The van der Waals surface area contributed by atoms with Gasteiger partial charge in [-0.2, -0.15) is 0 Å². The Morgan fingerprint density at radius 3 is 2.57 bits per heavy atom. The molecule has 5 heteroatoms. The molecule has 0 saturated carbocycles. The Morgan fingerprint density at radius 2 is 2.00 bits per heavy atom. The standard InChI is InChI=1S/C16H23N3O2/c1-4-14-15(20)17-9-10-19(14)16(21)13-7-5-12(6-8-13)11-18(2)3/h5-8,14H,4,9-11H2,1-3H3,(H,17,20). The molecule has 1 unspecified atom stereocenters. The number of benzene rings is 1. The highest BCUT2D eigenvalue weighted by Gasteiger charge is 2.31. The molecular formula is C16H23N3O2. The summed E-state index contributed by atoms with van der Waals surface area (Å²) in [6, 6.07) is 7.28. The van der Waals surface area contributed by atoms with Crippen LogP contribution in [-0.2, 0) is 11.3 Å². The Hall–Kier alpha value is -1.88. The number of carbonyl (C=O) groups is 2. The number of nitrogens with zero attached hydrogens (tertiary/aromatic N) is 2. The molecule has 2 rings (SSSR count). The number of carbonyl (C=O) groups excluding carboxylic acids is 2. The SMILES string of the molecule is CCC1C(=O)NCCN1C(=O)c1ccc(CN(C)C)cc1. The van der Waals surface area contributed by atoms with Gasteiger partial charge in [-0.05, 0) is 38.2 Å².